The lowest BCUT2D eigenvalue weighted by Crippen LogP contribution is -2.32. The van der Waals surface area contributed by atoms with E-state index in [2.05, 4.69) is 4.72 Å². The fourth-order valence-corrected chi connectivity index (χ4v) is 4.20. The van der Waals surface area contributed by atoms with Crippen LogP contribution in [0.3, 0.4) is 0 Å². The van der Waals surface area contributed by atoms with Gasteiger partial charge in [0.2, 0.25) is 0 Å². The minimum Gasteiger partial charge on any atom is -0.480 e. The average Bonchev–Trinajstić information content (AvgIpc) is 2.48. The number of benzene rings is 2. The molecule has 0 spiro atoms. The molecule has 1 atom stereocenters. The SMILES string of the molecule is NC(Cc1ccc(NS(=O)(=O)c2c(Cl)cccc2Cl)cc1)C(=O)O. The first-order chi connectivity index (χ1) is 11.2. The Morgan fingerprint density at radius 1 is 1.12 bits per heavy atom. The molecule has 0 aliphatic rings. The van der Waals surface area contributed by atoms with Crippen molar-refractivity contribution >= 4 is 44.9 Å². The summed E-state index contributed by atoms with van der Waals surface area (Å²) in [5.74, 6) is -1.10. The second-order valence-electron chi connectivity index (χ2n) is 5.00. The van der Waals surface area contributed by atoms with Crippen molar-refractivity contribution in [2.75, 3.05) is 4.72 Å². The Balaban J connectivity index is 2.20. The molecule has 0 radical (unpaired) electrons. The van der Waals surface area contributed by atoms with E-state index in [0.717, 1.165) is 0 Å². The van der Waals surface area contributed by atoms with Crippen molar-refractivity contribution in [1.29, 1.82) is 0 Å². The van der Waals surface area contributed by atoms with Crippen molar-refractivity contribution in [2.24, 2.45) is 5.73 Å². The number of aliphatic carboxylic acids is 1. The Bertz CT molecular complexity index is 834. The highest BCUT2D eigenvalue weighted by molar-refractivity contribution is 7.93. The molecule has 0 saturated carbocycles. The van der Waals surface area contributed by atoms with Gasteiger partial charge >= 0.3 is 5.97 Å². The van der Waals surface area contributed by atoms with Crippen LogP contribution in [0.5, 0.6) is 0 Å². The molecule has 2 aromatic rings. The summed E-state index contributed by atoms with van der Waals surface area (Å²) in [6.45, 7) is 0. The minimum absolute atomic E-state index is 0.0130. The van der Waals surface area contributed by atoms with E-state index >= 15 is 0 Å². The third kappa shape index (κ3) is 4.39. The molecule has 0 amide bonds. The topological polar surface area (TPSA) is 109 Å². The molecule has 24 heavy (non-hydrogen) atoms. The van der Waals surface area contributed by atoms with Gasteiger partial charge in [0.1, 0.15) is 10.9 Å². The lowest BCUT2D eigenvalue weighted by molar-refractivity contribution is -0.138. The number of nitrogens with one attached hydrogen (secondary N) is 1. The summed E-state index contributed by atoms with van der Waals surface area (Å²) in [7, 11) is -3.96. The van der Waals surface area contributed by atoms with Crippen molar-refractivity contribution in [1.82, 2.24) is 0 Å². The Kier molecular flexibility index (Phi) is 5.71. The van der Waals surface area contributed by atoms with Crippen LogP contribution in [0, 0.1) is 0 Å². The highest BCUT2D eigenvalue weighted by Crippen LogP contribution is 2.30. The van der Waals surface area contributed by atoms with Crippen LogP contribution in [0.4, 0.5) is 5.69 Å². The lowest BCUT2D eigenvalue weighted by atomic mass is 10.1. The minimum atomic E-state index is -3.96. The standard InChI is InChI=1S/C15H14Cl2N2O4S/c16-11-2-1-3-12(17)14(11)24(22,23)19-10-6-4-9(5-7-10)8-13(18)15(20)21/h1-7,13,19H,8,18H2,(H,20,21). The summed E-state index contributed by atoms with van der Waals surface area (Å²) >= 11 is 11.8. The van der Waals surface area contributed by atoms with Crippen LogP contribution < -0.4 is 10.5 Å². The predicted molar refractivity (Wildman–Crippen MR) is 93.0 cm³/mol. The van der Waals surface area contributed by atoms with Crippen molar-refractivity contribution in [3.05, 3.63) is 58.1 Å². The van der Waals surface area contributed by atoms with E-state index in [1.807, 2.05) is 0 Å². The highest BCUT2D eigenvalue weighted by atomic mass is 35.5. The normalized spacial score (nSPS) is 12.6. The third-order valence-electron chi connectivity index (χ3n) is 3.17. The fraction of sp³-hybridized carbons (Fsp3) is 0.133. The van der Waals surface area contributed by atoms with Crippen molar-refractivity contribution < 1.29 is 18.3 Å². The summed E-state index contributed by atoms with van der Waals surface area (Å²) in [6, 6.07) is 9.58. The summed E-state index contributed by atoms with van der Waals surface area (Å²) in [4.78, 5) is 10.5. The molecule has 0 fully saturated rings. The molecule has 0 heterocycles. The number of hydrogen-bond acceptors (Lipinski definition) is 4. The van der Waals surface area contributed by atoms with Crippen molar-refractivity contribution in [2.45, 2.75) is 17.4 Å². The molecule has 0 bridgehead atoms. The average molecular weight is 389 g/mol. The van der Waals surface area contributed by atoms with Gasteiger partial charge in [-0.2, -0.15) is 0 Å². The van der Waals surface area contributed by atoms with E-state index < -0.39 is 22.0 Å². The number of hydrogen-bond donors (Lipinski definition) is 3. The first kappa shape index (κ1) is 18.5. The van der Waals surface area contributed by atoms with E-state index in [0.29, 0.717) is 11.3 Å². The van der Waals surface area contributed by atoms with Crippen LogP contribution in [0.2, 0.25) is 10.0 Å². The number of carboxylic acids is 1. The Labute approximate surface area is 149 Å². The predicted octanol–water partition coefficient (Wildman–Crippen LogP) is 2.75. The van der Waals surface area contributed by atoms with Gasteiger partial charge in [0.05, 0.1) is 10.0 Å². The number of anilines is 1. The first-order valence-electron chi connectivity index (χ1n) is 6.75. The molecule has 9 heteroatoms. The van der Waals surface area contributed by atoms with Crippen LogP contribution in [0.25, 0.3) is 0 Å². The number of carboxylic acid groups (broad SMARTS) is 1. The molecular weight excluding hydrogens is 375 g/mol. The van der Waals surface area contributed by atoms with E-state index in [-0.39, 0.29) is 21.4 Å². The summed E-state index contributed by atoms with van der Waals surface area (Å²) in [5.41, 5.74) is 6.42. The summed E-state index contributed by atoms with van der Waals surface area (Å²) < 4.78 is 27.2. The summed E-state index contributed by atoms with van der Waals surface area (Å²) in [6.07, 6.45) is 0.138. The van der Waals surface area contributed by atoms with Crippen LogP contribution in [0.15, 0.2) is 47.4 Å². The first-order valence-corrected chi connectivity index (χ1v) is 8.99. The molecule has 0 aromatic heterocycles. The van der Waals surface area contributed by atoms with Crippen LogP contribution in [0.1, 0.15) is 5.56 Å². The Hall–Kier alpha value is -1.80. The molecular formula is C15H14Cl2N2O4S. The summed E-state index contributed by atoms with van der Waals surface area (Å²) in [5, 5.41) is 8.81. The van der Waals surface area contributed by atoms with Gasteiger partial charge in [0.25, 0.3) is 10.0 Å². The molecule has 2 aromatic carbocycles. The van der Waals surface area contributed by atoms with E-state index in [4.69, 9.17) is 34.0 Å². The van der Waals surface area contributed by atoms with Gasteiger partial charge in [-0.05, 0) is 36.2 Å². The van der Waals surface area contributed by atoms with E-state index in [9.17, 15) is 13.2 Å². The smallest absolute Gasteiger partial charge is 0.320 e. The van der Waals surface area contributed by atoms with Crippen LogP contribution in [-0.4, -0.2) is 25.5 Å². The van der Waals surface area contributed by atoms with Crippen molar-refractivity contribution in [3.63, 3.8) is 0 Å². The fourth-order valence-electron chi connectivity index (χ4n) is 2.00. The second-order valence-corrected chi connectivity index (χ2v) is 7.44. The molecule has 1 unspecified atom stereocenters. The lowest BCUT2D eigenvalue weighted by Gasteiger charge is -2.12. The zero-order chi connectivity index (χ0) is 17.9. The highest BCUT2D eigenvalue weighted by Gasteiger charge is 2.21. The molecule has 0 aliphatic carbocycles. The van der Waals surface area contributed by atoms with Crippen molar-refractivity contribution in [3.8, 4) is 0 Å². The Morgan fingerprint density at radius 2 is 1.67 bits per heavy atom. The van der Waals surface area contributed by atoms with Crippen LogP contribution >= 0.6 is 23.2 Å². The zero-order valence-electron chi connectivity index (χ0n) is 12.2. The maximum absolute atomic E-state index is 12.4. The number of rotatable bonds is 6. The van der Waals surface area contributed by atoms with Gasteiger partial charge in [-0.25, -0.2) is 8.42 Å². The van der Waals surface area contributed by atoms with Gasteiger partial charge < -0.3 is 10.8 Å². The third-order valence-corrected chi connectivity index (χ3v) is 5.50. The van der Waals surface area contributed by atoms with Gasteiger partial charge in [-0.3, -0.25) is 9.52 Å². The molecule has 4 N–H and O–H groups in total. The molecule has 128 valence electrons. The monoisotopic (exact) mass is 388 g/mol. The number of nitrogens with two attached hydrogens (primary N) is 1. The van der Waals surface area contributed by atoms with Crippen LogP contribution in [-0.2, 0) is 21.2 Å². The number of halogens is 2. The second kappa shape index (κ2) is 7.40. The van der Waals surface area contributed by atoms with E-state index in [1.165, 1.54) is 24.3 Å². The van der Waals surface area contributed by atoms with Gasteiger partial charge in [0.15, 0.2) is 0 Å². The number of sulfonamides is 1. The van der Waals surface area contributed by atoms with E-state index in [1.54, 1.807) is 18.2 Å². The molecule has 0 aliphatic heterocycles. The quantitative estimate of drug-likeness (QED) is 0.704. The molecule has 2 rings (SSSR count). The molecule has 0 saturated heterocycles. The molecule has 6 nitrogen and oxygen atoms in total. The zero-order valence-corrected chi connectivity index (χ0v) is 14.6. The van der Waals surface area contributed by atoms with Gasteiger partial charge in [-0.1, -0.05) is 41.4 Å². The largest absolute Gasteiger partial charge is 0.480 e. The number of carbonyl (C=O) groups is 1. The Morgan fingerprint density at radius 3 is 2.17 bits per heavy atom. The van der Waals surface area contributed by atoms with Gasteiger partial charge in [-0.15, -0.1) is 0 Å². The maximum Gasteiger partial charge on any atom is 0.320 e. The van der Waals surface area contributed by atoms with Gasteiger partial charge in [0, 0.05) is 5.69 Å². The maximum atomic E-state index is 12.4.